The predicted molar refractivity (Wildman–Crippen MR) is 78.4 cm³/mol. The van der Waals surface area contributed by atoms with E-state index >= 15 is 0 Å². The van der Waals surface area contributed by atoms with E-state index < -0.39 is 0 Å². The van der Waals surface area contributed by atoms with E-state index in [0.717, 1.165) is 23.8 Å². The van der Waals surface area contributed by atoms with Crippen molar-refractivity contribution in [1.29, 1.82) is 0 Å². The topological polar surface area (TPSA) is 41.6 Å². The highest BCUT2D eigenvalue weighted by Crippen LogP contribution is 2.38. The van der Waals surface area contributed by atoms with Crippen LogP contribution in [-0.2, 0) is 6.42 Å². The largest absolute Gasteiger partial charge is 0.262 e. The Morgan fingerprint density at radius 1 is 1.32 bits per heavy atom. The first-order valence-corrected chi connectivity index (χ1v) is 7.82. The van der Waals surface area contributed by atoms with Gasteiger partial charge in [-0.1, -0.05) is 49.0 Å². The number of nitrogens with one attached hydrogen (secondary N) is 1. The summed E-state index contributed by atoms with van der Waals surface area (Å²) in [5.74, 6) is 1.74. The molecule has 1 aliphatic carbocycles. The molecule has 1 heterocycles. The molecular weight excluding hydrogens is 254 g/mol. The molecular formula is C15H19N3S. The highest BCUT2D eigenvalue weighted by molar-refractivity contribution is 7.99. The lowest BCUT2D eigenvalue weighted by molar-refractivity contribution is 0.805. The van der Waals surface area contributed by atoms with E-state index in [1.54, 1.807) is 11.8 Å². The molecule has 0 saturated heterocycles. The van der Waals surface area contributed by atoms with E-state index in [1.165, 1.54) is 18.4 Å². The Labute approximate surface area is 118 Å². The van der Waals surface area contributed by atoms with Gasteiger partial charge in [0.1, 0.15) is 5.82 Å². The van der Waals surface area contributed by atoms with Gasteiger partial charge in [0, 0.05) is 11.2 Å². The fraction of sp³-hybridized carbons (Fsp3) is 0.467. The van der Waals surface area contributed by atoms with E-state index in [9.17, 15) is 0 Å². The van der Waals surface area contributed by atoms with Crippen molar-refractivity contribution in [3.05, 3.63) is 41.7 Å². The zero-order valence-corrected chi connectivity index (χ0v) is 12.0. The van der Waals surface area contributed by atoms with Crippen LogP contribution in [0.2, 0.25) is 0 Å². The molecule has 3 rings (SSSR count). The number of aryl methyl sites for hydroxylation is 1. The number of hydrogen-bond acceptors (Lipinski definition) is 3. The minimum Gasteiger partial charge on any atom is -0.262 e. The van der Waals surface area contributed by atoms with Gasteiger partial charge in [-0.15, -0.1) is 5.10 Å². The van der Waals surface area contributed by atoms with Gasteiger partial charge in [0.15, 0.2) is 0 Å². The van der Waals surface area contributed by atoms with Crippen LogP contribution >= 0.6 is 11.8 Å². The highest BCUT2D eigenvalue weighted by atomic mass is 32.2. The molecule has 1 atom stereocenters. The predicted octanol–water partition coefficient (Wildman–Crippen LogP) is 3.80. The van der Waals surface area contributed by atoms with Crippen LogP contribution in [0, 0.1) is 0 Å². The molecule has 4 heteroatoms. The van der Waals surface area contributed by atoms with Crippen LogP contribution < -0.4 is 0 Å². The molecule has 100 valence electrons. The van der Waals surface area contributed by atoms with Crippen molar-refractivity contribution in [2.45, 2.75) is 48.9 Å². The standard InChI is InChI=1S/C15H19N3S/c1-11(7-8-12-5-3-2-4-6-12)19-15-16-14(17-18-15)13-9-10-13/h2-6,11,13H,7-10H2,1H3,(H,16,17,18). The summed E-state index contributed by atoms with van der Waals surface area (Å²) in [5.41, 5.74) is 1.41. The van der Waals surface area contributed by atoms with E-state index in [4.69, 9.17) is 0 Å². The highest BCUT2D eigenvalue weighted by Gasteiger charge is 2.27. The number of rotatable bonds is 6. The van der Waals surface area contributed by atoms with Gasteiger partial charge >= 0.3 is 0 Å². The zero-order chi connectivity index (χ0) is 13.1. The molecule has 0 spiro atoms. The fourth-order valence-corrected chi connectivity index (χ4v) is 2.95. The van der Waals surface area contributed by atoms with Crippen LogP contribution in [0.5, 0.6) is 0 Å². The molecule has 1 aromatic carbocycles. The smallest absolute Gasteiger partial charge is 0.208 e. The zero-order valence-electron chi connectivity index (χ0n) is 11.2. The minimum absolute atomic E-state index is 0.544. The maximum atomic E-state index is 4.56. The van der Waals surface area contributed by atoms with Crippen molar-refractivity contribution >= 4 is 11.8 Å². The van der Waals surface area contributed by atoms with Gasteiger partial charge in [-0.2, -0.15) is 0 Å². The van der Waals surface area contributed by atoms with E-state index in [0.29, 0.717) is 11.2 Å². The van der Waals surface area contributed by atoms with Crippen molar-refractivity contribution < 1.29 is 0 Å². The Hall–Kier alpha value is -1.29. The van der Waals surface area contributed by atoms with Gasteiger partial charge in [-0.05, 0) is 31.2 Å². The molecule has 1 fully saturated rings. The molecule has 19 heavy (non-hydrogen) atoms. The van der Waals surface area contributed by atoms with Crippen LogP contribution in [0.25, 0.3) is 0 Å². The Bertz CT molecular complexity index is 519. The normalized spacial score (nSPS) is 16.5. The summed E-state index contributed by atoms with van der Waals surface area (Å²) in [7, 11) is 0. The first-order valence-electron chi connectivity index (χ1n) is 6.94. The molecule has 1 aromatic heterocycles. The molecule has 3 nitrogen and oxygen atoms in total. The number of aromatic amines is 1. The number of benzene rings is 1. The Kier molecular flexibility index (Phi) is 3.87. The lowest BCUT2D eigenvalue weighted by Crippen LogP contribution is -1.99. The monoisotopic (exact) mass is 273 g/mol. The molecule has 1 saturated carbocycles. The van der Waals surface area contributed by atoms with E-state index in [-0.39, 0.29) is 0 Å². The van der Waals surface area contributed by atoms with Crippen molar-refractivity contribution in [3.63, 3.8) is 0 Å². The second-order valence-corrected chi connectivity index (χ2v) is 6.64. The maximum Gasteiger partial charge on any atom is 0.208 e. The summed E-state index contributed by atoms with van der Waals surface area (Å²) in [5, 5.41) is 8.81. The van der Waals surface area contributed by atoms with Crippen molar-refractivity contribution in [1.82, 2.24) is 15.2 Å². The van der Waals surface area contributed by atoms with Crippen LogP contribution in [-0.4, -0.2) is 20.4 Å². The quantitative estimate of drug-likeness (QED) is 0.814. The van der Waals surface area contributed by atoms with E-state index in [2.05, 4.69) is 52.4 Å². The number of hydrogen-bond donors (Lipinski definition) is 1. The van der Waals surface area contributed by atoms with Gasteiger partial charge in [-0.3, -0.25) is 5.10 Å². The van der Waals surface area contributed by atoms with Crippen molar-refractivity contribution in [2.24, 2.45) is 0 Å². The summed E-state index contributed by atoms with van der Waals surface area (Å²) in [6.45, 7) is 2.25. The van der Waals surface area contributed by atoms with Crippen molar-refractivity contribution in [3.8, 4) is 0 Å². The molecule has 1 unspecified atom stereocenters. The average molecular weight is 273 g/mol. The first-order chi connectivity index (χ1) is 9.31. The van der Waals surface area contributed by atoms with Crippen LogP contribution in [0.3, 0.4) is 0 Å². The average Bonchev–Trinajstić information content (AvgIpc) is 3.19. The molecule has 2 aromatic rings. The van der Waals surface area contributed by atoms with E-state index in [1.807, 2.05) is 0 Å². The third-order valence-corrected chi connectivity index (χ3v) is 4.47. The molecule has 0 radical (unpaired) electrons. The first kappa shape index (κ1) is 12.7. The number of nitrogens with zero attached hydrogens (tertiary/aromatic N) is 2. The number of thioether (sulfide) groups is 1. The fourth-order valence-electron chi connectivity index (χ4n) is 2.10. The van der Waals surface area contributed by atoms with Crippen LogP contribution in [0.4, 0.5) is 0 Å². The summed E-state index contributed by atoms with van der Waals surface area (Å²) >= 11 is 1.78. The van der Waals surface area contributed by atoms with Gasteiger partial charge < -0.3 is 0 Å². The van der Waals surface area contributed by atoms with Crippen LogP contribution in [0.15, 0.2) is 35.5 Å². The second kappa shape index (κ2) is 5.78. The SMILES string of the molecule is CC(CCc1ccccc1)Sc1n[nH]c(C2CC2)n1. The number of H-pyrrole nitrogens is 1. The lowest BCUT2D eigenvalue weighted by atomic mass is 10.1. The maximum absolute atomic E-state index is 4.56. The minimum atomic E-state index is 0.544. The summed E-state index contributed by atoms with van der Waals surface area (Å²) in [4.78, 5) is 4.56. The van der Waals surface area contributed by atoms with Gasteiger partial charge in [0.25, 0.3) is 0 Å². The number of aromatic nitrogens is 3. The Balaban J connectivity index is 1.48. The van der Waals surface area contributed by atoms with Crippen LogP contribution in [0.1, 0.15) is 43.5 Å². The molecule has 1 N–H and O–H groups in total. The van der Waals surface area contributed by atoms with Gasteiger partial charge in [-0.25, -0.2) is 4.98 Å². The molecule has 1 aliphatic rings. The molecule has 0 aliphatic heterocycles. The Morgan fingerprint density at radius 3 is 2.84 bits per heavy atom. The third kappa shape index (κ3) is 3.60. The lowest BCUT2D eigenvalue weighted by Gasteiger charge is -2.08. The third-order valence-electron chi connectivity index (χ3n) is 3.44. The molecule has 0 bridgehead atoms. The second-order valence-electron chi connectivity index (χ2n) is 5.23. The summed E-state index contributed by atoms with van der Waals surface area (Å²) < 4.78 is 0. The summed E-state index contributed by atoms with van der Waals surface area (Å²) in [6, 6.07) is 10.6. The summed E-state index contributed by atoms with van der Waals surface area (Å²) in [6.07, 6.45) is 4.81. The molecule has 0 amide bonds. The van der Waals surface area contributed by atoms with Gasteiger partial charge in [0.2, 0.25) is 5.16 Å². The Morgan fingerprint density at radius 2 is 2.11 bits per heavy atom. The van der Waals surface area contributed by atoms with Crippen molar-refractivity contribution in [2.75, 3.05) is 0 Å². The van der Waals surface area contributed by atoms with Gasteiger partial charge in [0.05, 0.1) is 0 Å².